The lowest BCUT2D eigenvalue weighted by Crippen LogP contribution is -2.42. The van der Waals surface area contributed by atoms with E-state index in [1.54, 1.807) is 24.3 Å². The first-order valence-corrected chi connectivity index (χ1v) is 11.3. The molecule has 0 saturated carbocycles. The van der Waals surface area contributed by atoms with Gasteiger partial charge in [0.2, 0.25) is 0 Å². The first kappa shape index (κ1) is 23.1. The fourth-order valence-corrected chi connectivity index (χ4v) is 3.92. The summed E-state index contributed by atoms with van der Waals surface area (Å²) in [5, 5.41) is 13.5. The van der Waals surface area contributed by atoms with Crippen molar-refractivity contribution < 1.29 is 23.1 Å². The fourth-order valence-electron chi connectivity index (χ4n) is 3.08. The van der Waals surface area contributed by atoms with Crippen LogP contribution < -0.4 is 15.8 Å². The van der Waals surface area contributed by atoms with Gasteiger partial charge < -0.3 is 5.11 Å². The molecule has 0 fully saturated rings. The van der Waals surface area contributed by atoms with Crippen LogP contribution in [0.2, 0.25) is 0 Å². The zero-order valence-electron chi connectivity index (χ0n) is 17.2. The Hall–Kier alpha value is -3.57. The Kier molecular flexibility index (Phi) is 7.01. The van der Waals surface area contributed by atoms with Crippen molar-refractivity contribution in [2.75, 3.05) is 0 Å². The Morgan fingerprint density at radius 1 is 1.06 bits per heavy atom. The monoisotopic (exact) mass is 458 g/mol. The lowest BCUT2D eigenvalue weighted by molar-refractivity contribution is -0.136. The van der Waals surface area contributed by atoms with E-state index in [4.69, 9.17) is 5.11 Å². The highest BCUT2D eigenvalue weighted by molar-refractivity contribution is 7.89. The molecular weight excluding hydrogens is 436 g/mol. The summed E-state index contributed by atoms with van der Waals surface area (Å²) in [5.41, 5.74) is 2.40. The van der Waals surface area contributed by atoms with Crippen LogP contribution in [-0.2, 0) is 27.8 Å². The molecule has 0 aliphatic heterocycles. The molecule has 3 rings (SSSR count). The van der Waals surface area contributed by atoms with Crippen molar-refractivity contribution >= 4 is 32.7 Å². The summed E-state index contributed by atoms with van der Waals surface area (Å²) in [4.78, 5) is 37.8. The molecule has 0 bridgehead atoms. The van der Waals surface area contributed by atoms with E-state index in [0.717, 1.165) is 0 Å². The molecule has 0 aliphatic carbocycles. The minimum atomic E-state index is -4.09. The van der Waals surface area contributed by atoms with Gasteiger partial charge in [-0.1, -0.05) is 37.3 Å². The van der Waals surface area contributed by atoms with Crippen LogP contribution in [0.1, 0.15) is 35.8 Å². The molecule has 1 heterocycles. The standard InChI is InChI=1S/C21H22N4O6S/c1-2-13-25-21(29)17-6-4-3-5-16(17)19(23-25)20(28)22-24-32(30,31)15-10-7-14(8-11-15)9-12-18(26)27/h3-8,10-11,24H,2,9,12-13H2,1H3,(H,22,28)(H,26,27). The van der Waals surface area contributed by atoms with Gasteiger partial charge in [-0.25, -0.2) is 13.1 Å². The number of aliphatic carboxylic acids is 1. The Morgan fingerprint density at radius 3 is 2.34 bits per heavy atom. The van der Waals surface area contributed by atoms with E-state index < -0.39 is 21.9 Å². The molecule has 0 unspecified atom stereocenters. The van der Waals surface area contributed by atoms with Crippen LogP contribution in [0.15, 0.2) is 58.2 Å². The summed E-state index contributed by atoms with van der Waals surface area (Å²) >= 11 is 0. The van der Waals surface area contributed by atoms with E-state index in [1.807, 2.05) is 11.8 Å². The largest absolute Gasteiger partial charge is 0.481 e. The smallest absolute Gasteiger partial charge is 0.303 e. The van der Waals surface area contributed by atoms with Crippen molar-refractivity contribution in [3.63, 3.8) is 0 Å². The maximum atomic E-state index is 12.7. The lowest BCUT2D eigenvalue weighted by Gasteiger charge is -2.12. The van der Waals surface area contributed by atoms with E-state index in [2.05, 4.69) is 10.5 Å². The van der Waals surface area contributed by atoms with Gasteiger partial charge >= 0.3 is 5.97 Å². The van der Waals surface area contributed by atoms with Crippen LogP contribution in [-0.4, -0.2) is 35.2 Å². The zero-order valence-corrected chi connectivity index (χ0v) is 18.1. The number of nitrogens with zero attached hydrogens (tertiary/aromatic N) is 2. The highest BCUT2D eigenvalue weighted by Crippen LogP contribution is 2.14. The van der Waals surface area contributed by atoms with Gasteiger partial charge in [0.15, 0.2) is 5.69 Å². The molecule has 1 aromatic heterocycles. The first-order valence-electron chi connectivity index (χ1n) is 9.85. The molecule has 3 aromatic rings. The number of amides is 1. The number of sulfonamides is 1. The van der Waals surface area contributed by atoms with Gasteiger partial charge in [0, 0.05) is 18.4 Å². The molecule has 1 amide bonds. The van der Waals surface area contributed by atoms with Crippen molar-refractivity contribution in [3.8, 4) is 0 Å². The highest BCUT2D eigenvalue weighted by atomic mass is 32.2. The number of fused-ring (bicyclic) bond motifs is 1. The summed E-state index contributed by atoms with van der Waals surface area (Å²) in [6.07, 6.45) is 0.828. The minimum Gasteiger partial charge on any atom is -0.481 e. The maximum absolute atomic E-state index is 12.7. The first-order chi connectivity index (χ1) is 15.2. The van der Waals surface area contributed by atoms with Gasteiger partial charge in [-0.15, -0.1) is 4.83 Å². The minimum absolute atomic E-state index is 0.0679. The third-order valence-corrected chi connectivity index (χ3v) is 5.94. The van der Waals surface area contributed by atoms with E-state index in [0.29, 0.717) is 29.3 Å². The predicted molar refractivity (Wildman–Crippen MR) is 116 cm³/mol. The predicted octanol–water partition coefficient (Wildman–Crippen LogP) is 1.45. The molecule has 0 radical (unpaired) electrons. The van der Waals surface area contributed by atoms with Gasteiger partial charge in [0.05, 0.1) is 10.3 Å². The third-order valence-electron chi connectivity index (χ3n) is 4.68. The molecule has 10 nitrogen and oxygen atoms in total. The van der Waals surface area contributed by atoms with Gasteiger partial charge in [0.1, 0.15) is 0 Å². The zero-order chi connectivity index (χ0) is 23.3. The van der Waals surface area contributed by atoms with E-state index in [-0.39, 0.29) is 29.0 Å². The van der Waals surface area contributed by atoms with Crippen molar-refractivity contribution in [3.05, 3.63) is 70.1 Å². The molecule has 0 saturated heterocycles. The molecule has 2 aromatic carbocycles. The number of carboxylic acid groups (broad SMARTS) is 1. The number of carbonyl (C=O) groups excluding carboxylic acids is 1. The van der Waals surface area contributed by atoms with Crippen molar-refractivity contribution in [2.45, 2.75) is 37.6 Å². The van der Waals surface area contributed by atoms with Gasteiger partial charge in [0.25, 0.3) is 21.5 Å². The number of aromatic nitrogens is 2. The van der Waals surface area contributed by atoms with Crippen LogP contribution in [0.5, 0.6) is 0 Å². The second-order valence-corrected chi connectivity index (χ2v) is 8.70. The summed E-state index contributed by atoms with van der Waals surface area (Å²) in [6, 6.07) is 12.1. The summed E-state index contributed by atoms with van der Waals surface area (Å²) in [6.45, 7) is 2.17. The van der Waals surface area contributed by atoms with Crippen LogP contribution >= 0.6 is 0 Å². The second-order valence-electron chi connectivity index (χ2n) is 7.02. The molecule has 0 atom stereocenters. The van der Waals surface area contributed by atoms with Gasteiger partial charge in [-0.3, -0.25) is 19.8 Å². The Labute approximate surface area is 183 Å². The molecular formula is C21H22N4O6S. The lowest BCUT2D eigenvalue weighted by atomic mass is 10.1. The number of carbonyl (C=O) groups is 2. The van der Waals surface area contributed by atoms with Gasteiger partial charge in [-0.05, 0) is 36.6 Å². The van der Waals surface area contributed by atoms with E-state index in [9.17, 15) is 22.8 Å². The highest BCUT2D eigenvalue weighted by Gasteiger charge is 2.20. The number of carboxylic acids is 1. The third kappa shape index (κ3) is 5.18. The molecule has 0 aliphatic rings. The quantitative estimate of drug-likeness (QED) is 0.411. The number of benzene rings is 2. The van der Waals surface area contributed by atoms with Crippen LogP contribution in [0.4, 0.5) is 0 Å². The second kappa shape index (κ2) is 9.71. The van der Waals surface area contributed by atoms with Crippen molar-refractivity contribution in [1.82, 2.24) is 20.0 Å². The fraction of sp³-hybridized carbons (Fsp3) is 0.238. The SMILES string of the molecule is CCCn1nc(C(=O)NNS(=O)(=O)c2ccc(CCC(=O)O)cc2)c2ccccc2c1=O. The average Bonchev–Trinajstić information content (AvgIpc) is 2.78. The average molecular weight is 458 g/mol. The maximum Gasteiger partial charge on any atom is 0.303 e. The Bertz CT molecular complexity index is 1320. The Balaban J connectivity index is 1.80. The number of hydrazine groups is 1. The topological polar surface area (TPSA) is 147 Å². The number of nitrogens with one attached hydrogen (secondary N) is 2. The molecule has 0 spiro atoms. The summed E-state index contributed by atoms with van der Waals surface area (Å²) in [7, 11) is -4.09. The van der Waals surface area contributed by atoms with Crippen LogP contribution in [0.3, 0.4) is 0 Å². The van der Waals surface area contributed by atoms with Crippen molar-refractivity contribution in [1.29, 1.82) is 0 Å². The van der Waals surface area contributed by atoms with Crippen molar-refractivity contribution in [2.24, 2.45) is 0 Å². The number of hydrogen-bond acceptors (Lipinski definition) is 6. The molecule has 32 heavy (non-hydrogen) atoms. The number of hydrogen-bond donors (Lipinski definition) is 3. The van der Waals surface area contributed by atoms with E-state index in [1.165, 1.54) is 28.9 Å². The summed E-state index contributed by atoms with van der Waals surface area (Å²) in [5.74, 6) is -1.76. The van der Waals surface area contributed by atoms with E-state index >= 15 is 0 Å². The number of rotatable bonds is 9. The number of aryl methyl sites for hydroxylation is 2. The molecule has 168 valence electrons. The normalized spacial score (nSPS) is 11.4. The van der Waals surface area contributed by atoms with Crippen LogP contribution in [0.25, 0.3) is 10.8 Å². The Morgan fingerprint density at radius 2 is 1.72 bits per heavy atom. The summed E-state index contributed by atoms with van der Waals surface area (Å²) < 4.78 is 26.3. The molecule has 3 N–H and O–H groups in total. The van der Waals surface area contributed by atoms with Gasteiger partial charge in [-0.2, -0.15) is 5.10 Å². The molecule has 11 heteroatoms. The van der Waals surface area contributed by atoms with Crippen LogP contribution in [0, 0.1) is 0 Å².